The van der Waals surface area contributed by atoms with Crippen LogP contribution in [0.4, 0.5) is 0 Å². The van der Waals surface area contributed by atoms with Crippen molar-refractivity contribution in [2.24, 2.45) is 11.8 Å². The minimum Gasteiger partial charge on any atom is -0.466 e. The van der Waals surface area contributed by atoms with Crippen LogP contribution in [0.1, 0.15) is 34.1 Å². The molecule has 6 atom stereocenters. The fraction of sp³-hybridized carbons (Fsp3) is 0.722. The lowest BCUT2D eigenvalue weighted by molar-refractivity contribution is -0.306. The highest BCUT2D eigenvalue weighted by Gasteiger charge is 2.51. The van der Waals surface area contributed by atoms with E-state index in [4.69, 9.17) is 18.9 Å². The molecule has 0 radical (unpaired) electrons. The zero-order chi connectivity index (χ0) is 16.8. The Bertz CT molecular complexity index is 536. The molecule has 3 heterocycles. The van der Waals surface area contributed by atoms with Crippen LogP contribution in [0.15, 0.2) is 23.8 Å². The molecule has 5 nitrogen and oxygen atoms in total. The molecule has 0 unspecified atom stereocenters. The molecule has 0 saturated carbocycles. The summed E-state index contributed by atoms with van der Waals surface area (Å²) in [5, 5.41) is 0. The van der Waals surface area contributed by atoms with Gasteiger partial charge in [-0.3, -0.25) is 0 Å². The zero-order valence-electron chi connectivity index (χ0n) is 14.4. The molecule has 2 saturated heterocycles. The molecule has 2 fully saturated rings. The number of hydrogen-bond acceptors (Lipinski definition) is 5. The van der Waals surface area contributed by atoms with Gasteiger partial charge in [-0.2, -0.15) is 0 Å². The van der Waals surface area contributed by atoms with Crippen LogP contribution >= 0.6 is 0 Å². The van der Waals surface area contributed by atoms with Gasteiger partial charge in [0, 0.05) is 23.8 Å². The van der Waals surface area contributed by atoms with Gasteiger partial charge in [0.25, 0.3) is 0 Å². The molecule has 3 rings (SSSR count). The first-order valence-electron chi connectivity index (χ1n) is 8.27. The van der Waals surface area contributed by atoms with E-state index in [1.165, 1.54) is 7.11 Å². The Kier molecular flexibility index (Phi) is 4.38. The third-order valence-corrected chi connectivity index (χ3v) is 4.87. The van der Waals surface area contributed by atoms with Gasteiger partial charge in [-0.25, -0.2) is 4.79 Å². The topological polar surface area (TPSA) is 54.0 Å². The molecule has 0 aromatic heterocycles. The number of fused-ring (bicyclic) bond motifs is 2. The minimum atomic E-state index is -0.598. The Hall–Kier alpha value is -1.17. The SMILES string of the molecule is COC(=O)/C(C)=C\[C@@H]1[C@H]([C@@H]2C[C@@H](C)OC(C)(C)O2)[C@H]2C=C[C@@H]1O2. The molecular formula is C18H26O5. The molecular weight excluding hydrogens is 296 g/mol. The maximum absolute atomic E-state index is 11.7. The normalized spacial score (nSPS) is 42.0. The summed E-state index contributed by atoms with van der Waals surface area (Å²) in [5.74, 6) is -0.581. The average molecular weight is 322 g/mol. The Labute approximate surface area is 137 Å². The number of hydrogen-bond donors (Lipinski definition) is 0. The lowest BCUT2D eigenvalue weighted by Crippen LogP contribution is -2.49. The predicted octanol–water partition coefficient (Wildman–Crippen LogP) is 2.61. The third-order valence-electron chi connectivity index (χ3n) is 4.87. The Morgan fingerprint density at radius 3 is 2.61 bits per heavy atom. The number of rotatable bonds is 3. The van der Waals surface area contributed by atoms with Crippen molar-refractivity contribution in [3.63, 3.8) is 0 Å². The van der Waals surface area contributed by atoms with Crippen molar-refractivity contribution in [1.82, 2.24) is 0 Å². The van der Waals surface area contributed by atoms with Crippen LogP contribution in [0.2, 0.25) is 0 Å². The van der Waals surface area contributed by atoms with Crippen LogP contribution in [0.25, 0.3) is 0 Å². The summed E-state index contributed by atoms with van der Waals surface area (Å²) in [4.78, 5) is 11.7. The molecule has 0 aliphatic carbocycles. The molecule has 0 amide bonds. The summed E-state index contributed by atoms with van der Waals surface area (Å²) < 4.78 is 22.9. The maximum atomic E-state index is 11.7. The van der Waals surface area contributed by atoms with Crippen molar-refractivity contribution in [2.45, 2.75) is 64.3 Å². The molecule has 128 valence electrons. The lowest BCUT2D eigenvalue weighted by atomic mass is 9.76. The fourth-order valence-corrected chi connectivity index (χ4v) is 4.09. The van der Waals surface area contributed by atoms with Crippen LogP contribution in [0.3, 0.4) is 0 Å². The van der Waals surface area contributed by atoms with E-state index in [2.05, 4.69) is 19.1 Å². The van der Waals surface area contributed by atoms with Gasteiger partial charge in [0.2, 0.25) is 0 Å². The van der Waals surface area contributed by atoms with Crippen molar-refractivity contribution < 1.29 is 23.7 Å². The minimum absolute atomic E-state index is 0.00877. The van der Waals surface area contributed by atoms with Gasteiger partial charge < -0.3 is 18.9 Å². The zero-order valence-corrected chi connectivity index (χ0v) is 14.4. The number of carbonyl (C=O) groups excluding carboxylic acids is 1. The molecule has 0 aromatic carbocycles. The van der Waals surface area contributed by atoms with E-state index in [-0.39, 0.29) is 42.2 Å². The van der Waals surface area contributed by atoms with Gasteiger partial charge in [0.1, 0.15) is 0 Å². The quantitative estimate of drug-likeness (QED) is 0.454. The third kappa shape index (κ3) is 3.23. The van der Waals surface area contributed by atoms with E-state index in [0.29, 0.717) is 5.57 Å². The molecule has 0 N–H and O–H groups in total. The highest BCUT2D eigenvalue weighted by molar-refractivity contribution is 5.87. The highest BCUT2D eigenvalue weighted by Crippen LogP contribution is 2.46. The van der Waals surface area contributed by atoms with Gasteiger partial charge in [-0.1, -0.05) is 18.2 Å². The van der Waals surface area contributed by atoms with Crippen molar-refractivity contribution in [2.75, 3.05) is 7.11 Å². The summed E-state index contributed by atoms with van der Waals surface area (Å²) in [5.41, 5.74) is 0.617. The van der Waals surface area contributed by atoms with Crippen molar-refractivity contribution in [3.8, 4) is 0 Å². The van der Waals surface area contributed by atoms with Gasteiger partial charge in [-0.05, 0) is 27.7 Å². The fourth-order valence-electron chi connectivity index (χ4n) is 4.09. The highest BCUT2D eigenvalue weighted by atomic mass is 16.7. The number of ether oxygens (including phenoxy) is 4. The standard InChI is InChI=1S/C18H26O5/c1-10(17(19)20-5)8-12-13-6-7-14(21-13)16(12)15-9-11(2)22-18(3,4)23-15/h6-8,11-16H,9H2,1-5H3/b10-8-/t11-,12+,13+,14-,15+,16+/m1/s1. The van der Waals surface area contributed by atoms with Crippen molar-refractivity contribution in [3.05, 3.63) is 23.8 Å². The summed E-state index contributed by atoms with van der Waals surface area (Å²) in [6.45, 7) is 7.76. The number of esters is 1. The monoisotopic (exact) mass is 322 g/mol. The predicted molar refractivity (Wildman–Crippen MR) is 84.7 cm³/mol. The van der Waals surface area contributed by atoms with E-state index < -0.39 is 5.79 Å². The summed E-state index contributed by atoms with van der Waals surface area (Å²) in [6.07, 6.45) is 7.24. The second kappa shape index (κ2) is 6.04. The Morgan fingerprint density at radius 2 is 1.96 bits per heavy atom. The molecule has 0 spiro atoms. The van der Waals surface area contributed by atoms with E-state index in [1.807, 2.05) is 19.9 Å². The van der Waals surface area contributed by atoms with E-state index in [9.17, 15) is 4.79 Å². The molecule has 5 heteroatoms. The van der Waals surface area contributed by atoms with Gasteiger partial charge >= 0.3 is 5.97 Å². The molecule has 3 aliphatic heterocycles. The number of carbonyl (C=O) groups is 1. The summed E-state index contributed by atoms with van der Waals surface area (Å²) in [6, 6.07) is 0. The van der Waals surface area contributed by atoms with E-state index >= 15 is 0 Å². The van der Waals surface area contributed by atoms with E-state index in [0.717, 1.165) is 6.42 Å². The van der Waals surface area contributed by atoms with Crippen LogP contribution in [-0.2, 0) is 23.7 Å². The van der Waals surface area contributed by atoms with Gasteiger partial charge in [-0.15, -0.1) is 0 Å². The van der Waals surface area contributed by atoms with Crippen LogP contribution < -0.4 is 0 Å². The lowest BCUT2D eigenvalue weighted by Gasteiger charge is -2.43. The molecule has 2 bridgehead atoms. The summed E-state index contributed by atoms with van der Waals surface area (Å²) >= 11 is 0. The average Bonchev–Trinajstić information content (AvgIpc) is 3.05. The molecule has 3 aliphatic rings. The van der Waals surface area contributed by atoms with Crippen molar-refractivity contribution in [1.29, 1.82) is 0 Å². The van der Waals surface area contributed by atoms with Crippen LogP contribution in [-0.4, -0.2) is 43.3 Å². The van der Waals surface area contributed by atoms with Gasteiger partial charge in [0.05, 0.1) is 31.5 Å². The maximum Gasteiger partial charge on any atom is 0.333 e. The largest absolute Gasteiger partial charge is 0.466 e. The molecule has 23 heavy (non-hydrogen) atoms. The molecule has 0 aromatic rings. The van der Waals surface area contributed by atoms with Crippen LogP contribution in [0.5, 0.6) is 0 Å². The second-order valence-corrected chi connectivity index (χ2v) is 7.17. The summed E-state index contributed by atoms with van der Waals surface area (Å²) in [7, 11) is 1.40. The van der Waals surface area contributed by atoms with Gasteiger partial charge in [0.15, 0.2) is 5.79 Å². The van der Waals surface area contributed by atoms with E-state index in [1.54, 1.807) is 6.92 Å². The Balaban J connectivity index is 1.84. The van der Waals surface area contributed by atoms with Crippen LogP contribution in [0, 0.1) is 11.8 Å². The Morgan fingerprint density at radius 1 is 1.26 bits per heavy atom. The smallest absolute Gasteiger partial charge is 0.333 e. The van der Waals surface area contributed by atoms with Crippen molar-refractivity contribution >= 4 is 5.97 Å². The first-order valence-corrected chi connectivity index (χ1v) is 8.27. The first kappa shape index (κ1) is 16.7. The first-order chi connectivity index (χ1) is 10.8. The second-order valence-electron chi connectivity index (χ2n) is 7.17. The number of methoxy groups -OCH3 is 1.